The summed E-state index contributed by atoms with van der Waals surface area (Å²) in [6, 6.07) is 8.47. The Morgan fingerprint density at radius 3 is 2.64 bits per heavy atom. The highest BCUT2D eigenvalue weighted by Crippen LogP contribution is 2.24. The van der Waals surface area contributed by atoms with Gasteiger partial charge in [-0.05, 0) is 12.0 Å². The van der Waals surface area contributed by atoms with E-state index >= 15 is 0 Å². The van der Waals surface area contributed by atoms with Crippen LogP contribution in [-0.4, -0.2) is 27.9 Å². The van der Waals surface area contributed by atoms with E-state index in [1.165, 1.54) is 0 Å². The van der Waals surface area contributed by atoms with Crippen LogP contribution in [0.5, 0.6) is 0 Å². The molecule has 2 aromatic rings. The largest absolute Gasteiger partial charge is 0.388 e. The minimum atomic E-state index is -2.71. The van der Waals surface area contributed by atoms with Crippen LogP contribution in [0, 0.1) is 0 Å². The van der Waals surface area contributed by atoms with E-state index in [1.807, 2.05) is 18.2 Å². The van der Waals surface area contributed by atoms with Crippen molar-refractivity contribution in [2.24, 2.45) is 0 Å². The number of aliphatic hydroxyl groups excluding tert-OH is 1. The van der Waals surface area contributed by atoms with Gasteiger partial charge in [0.1, 0.15) is 0 Å². The second kappa shape index (κ2) is 7.76. The highest BCUT2D eigenvalue weighted by atomic mass is 32.1. The molecule has 2 rings (SSSR count). The number of aliphatic hydroxyl groups is 1. The van der Waals surface area contributed by atoms with Crippen molar-refractivity contribution in [3.63, 3.8) is 0 Å². The SMILES string of the molecule is O=C(NCCC(O)c1ccccc1)Nc1nnc(C(F)F)s1. The lowest BCUT2D eigenvalue weighted by Crippen LogP contribution is -2.30. The van der Waals surface area contributed by atoms with E-state index in [2.05, 4.69) is 20.8 Å². The van der Waals surface area contributed by atoms with Crippen LogP contribution >= 0.6 is 11.3 Å². The second-order valence-corrected chi connectivity index (χ2v) is 5.35. The Bertz CT molecular complexity index is 609. The van der Waals surface area contributed by atoms with Gasteiger partial charge in [-0.1, -0.05) is 41.7 Å². The molecular weight excluding hydrogens is 314 g/mol. The Labute approximate surface area is 129 Å². The third-order valence-electron chi connectivity index (χ3n) is 2.74. The first kappa shape index (κ1) is 16.2. The Hall–Kier alpha value is -2.13. The number of urea groups is 1. The predicted octanol–water partition coefficient (Wildman–Crippen LogP) is 2.72. The molecule has 3 N–H and O–H groups in total. The van der Waals surface area contributed by atoms with Crippen LogP contribution in [0.15, 0.2) is 30.3 Å². The summed E-state index contributed by atoms with van der Waals surface area (Å²) in [4.78, 5) is 11.6. The number of aromatic nitrogens is 2. The number of halogens is 2. The topological polar surface area (TPSA) is 87.1 Å². The zero-order valence-corrected chi connectivity index (χ0v) is 12.2. The van der Waals surface area contributed by atoms with Crippen molar-refractivity contribution in [3.05, 3.63) is 40.9 Å². The molecule has 1 unspecified atom stereocenters. The Kier molecular flexibility index (Phi) is 5.73. The van der Waals surface area contributed by atoms with Crippen molar-refractivity contribution in [3.8, 4) is 0 Å². The summed E-state index contributed by atoms with van der Waals surface area (Å²) in [6.07, 6.45) is -3.07. The summed E-state index contributed by atoms with van der Waals surface area (Å²) in [5.41, 5.74) is 0.760. The zero-order chi connectivity index (χ0) is 15.9. The molecule has 9 heteroatoms. The molecule has 0 radical (unpaired) electrons. The van der Waals surface area contributed by atoms with Gasteiger partial charge < -0.3 is 10.4 Å². The van der Waals surface area contributed by atoms with E-state index < -0.39 is 23.6 Å². The predicted molar refractivity (Wildman–Crippen MR) is 77.9 cm³/mol. The van der Waals surface area contributed by atoms with Crippen LogP contribution in [0.2, 0.25) is 0 Å². The number of carbonyl (C=O) groups is 1. The number of amides is 2. The van der Waals surface area contributed by atoms with Crippen LogP contribution in [0.3, 0.4) is 0 Å². The lowest BCUT2D eigenvalue weighted by atomic mass is 10.1. The molecule has 0 fully saturated rings. The molecule has 1 atom stereocenters. The number of carbonyl (C=O) groups excluding carboxylic acids is 1. The van der Waals surface area contributed by atoms with E-state index in [1.54, 1.807) is 12.1 Å². The van der Waals surface area contributed by atoms with E-state index in [0.29, 0.717) is 17.8 Å². The fourth-order valence-electron chi connectivity index (χ4n) is 1.68. The zero-order valence-electron chi connectivity index (χ0n) is 11.4. The highest BCUT2D eigenvalue weighted by molar-refractivity contribution is 7.15. The summed E-state index contributed by atoms with van der Waals surface area (Å²) in [5, 5.41) is 21.0. The number of benzene rings is 1. The van der Waals surface area contributed by atoms with Crippen molar-refractivity contribution < 1.29 is 18.7 Å². The third kappa shape index (κ3) is 4.71. The minimum Gasteiger partial charge on any atom is -0.388 e. The molecule has 1 heterocycles. The standard InChI is InChI=1S/C13H14F2N4O2S/c14-10(15)11-18-19-13(22-11)17-12(21)16-7-6-9(20)8-4-2-1-3-5-8/h1-5,9-10,20H,6-7H2,(H2,16,17,19,21). The summed E-state index contributed by atoms with van der Waals surface area (Å²) in [7, 11) is 0. The molecule has 6 nitrogen and oxygen atoms in total. The fraction of sp³-hybridized carbons (Fsp3) is 0.308. The first-order valence-corrected chi connectivity index (χ1v) is 7.27. The maximum absolute atomic E-state index is 12.3. The molecule has 0 bridgehead atoms. The van der Waals surface area contributed by atoms with Crippen LogP contribution in [-0.2, 0) is 0 Å². The van der Waals surface area contributed by atoms with Crippen molar-refractivity contribution in [2.45, 2.75) is 19.0 Å². The molecule has 0 aliphatic heterocycles. The number of nitrogens with zero attached hydrogens (tertiary/aromatic N) is 2. The molecule has 0 saturated heterocycles. The fourth-order valence-corrected chi connectivity index (χ4v) is 2.27. The van der Waals surface area contributed by atoms with E-state index in [0.717, 1.165) is 5.56 Å². The molecule has 0 aliphatic carbocycles. The van der Waals surface area contributed by atoms with Crippen molar-refractivity contribution in [2.75, 3.05) is 11.9 Å². The van der Waals surface area contributed by atoms with Gasteiger partial charge in [0, 0.05) is 6.54 Å². The van der Waals surface area contributed by atoms with E-state index in [-0.39, 0.29) is 11.7 Å². The quantitative estimate of drug-likeness (QED) is 0.761. The summed E-state index contributed by atoms with van der Waals surface area (Å²) < 4.78 is 24.6. The Morgan fingerprint density at radius 1 is 1.27 bits per heavy atom. The van der Waals surface area contributed by atoms with Gasteiger partial charge in [-0.2, -0.15) is 0 Å². The molecule has 0 aliphatic rings. The first-order valence-electron chi connectivity index (χ1n) is 6.45. The van der Waals surface area contributed by atoms with E-state index in [9.17, 15) is 18.7 Å². The summed E-state index contributed by atoms with van der Waals surface area (Å²) in [5.74, 6) is 0. The molecule has 1 aromatic carbocycles. The van der Waals surface area contributed by atoms with Crippen LogP contribution < -0.4 is 10.6 Å². The number of hydrogen-bond acceptors (Lipinski definition) is 5. The van der Waals surface area contributed by atoms with Crippen molar-refractivity contribution in [1.29, 1.82) is 0 Å². The van der Waals surface area contributed by atoms with Gasteiger partial charge in [-0.15, -0.1) is 10.2 Å². The van der Waals surface area contributed by atoms with Gasteiger partial charge >= 0.3 is 6.03 Å². The minimum absolute atomic E-state index is 0.00333. The maximum atomic E-state index is 12.3. The molecule has 118 valence electrons. The molecule has 0 spiro atoms. The average Bonchev–Trinajstić information content (AvgIpc) is 2.96. The number of rotatable bonds is 6. The van der Waals surface area contributed by atoms with Gasteiger partial charge in [0.2, 0.25) is 5.13 Å². The molecule has 0 saturated carbocycles. The number of anilines is 1. The number of hydrogen-bond donors (Lipinski definition) is 3. The maximum Gasteiger partial charge on any atom is 0.321 e. The van der Waals surface area contributed by atoms with Gasteiger partial charge in [0.05, 0.1) is 6.10 Å². The smallest absolute Gasteiger partial charge is 0.321 e. The molecule has 2 amide bonds. The summed E-state index contributed by atoms with van der Waals surface area (Å²) >= 11 is 0.612. The molecule has 22 heavy (non-hydrogen) atoms. The van der Waals surface area contributed by atoms with Crippen LogP contribution in [0.25, 0.3) is 0 Å². The van der Waals surface area contributed by atoms with Gasteiger partial charge in [0.25, 0.3) is 6.43 Å². The third-order valence-corrected chi connectivity index (χ3v) is 3.58. The lowest BCUT2D eigenvalue weighted by molar-refractivity contribution is 0.150. The highest BCUT2D eigenvalue weighted by Gasteiger charge is 2.15. The average molecular weight is 328 g/mol. The van der Waals surface area contributed by atoms with Crippen molar-refractivity contribution in [1.82, 2.24) is 15.5 Å². The molecule has 1 aromatic heterocycles. The van der Waals surface area contributed by atoms with Crippen LogP contribution in [0.4, 0.5) is 18.7 Å². The number of nitrogens with one attached hydrogen (secondary N) is 2. The lowest BCUT2D eigenvalue weighted by Gasteiger charge is -2.11. The van der Waals surface area contributed by atoms with Gasteiger partial charge in [0.15, 0.2) is 5.01 Å². The number of alkyl halides is 2. The van der Waals surface area contributed by atoms with Crippen LogP contribution in [0.1, 0.15) is 29.5 Å². The monoisotopic (exact) mass is 328 g/mol. The van der Waals surface area contributed by atoms with Gasteiger partial charge in [-0.25, -0.2) is 13.6 Å². The second-order valence-electron chi connectivity index (χ2n) is 4.34. The van der Waals surface area contributed by atoms with Gasteiger partial charge in [-0.3, -0.25) is 5.32 Å². The first-order chi connectivity index (χ1) is 10.6. The van der Waals surface area contributed by atoms with E-state index in [4.69, 9.17) is 0 Å². The Balaban J connectivity index is 1.73. The summed E-state index contributed by atoms with van der Waals surface area (Å²) in [6.45, 7) is 0.225. The Morgan fingerprint density at radius 2 is 2.00 bits per heavy atom. The molecular formula is C13H14F2N4O2S. The van der Waals surface area contributed by atoms with Crippen molar-refractivity contribution >= 4 is 22.5 Å². The normalized spacial score (nSPS) is 12.2.